The fourth-order valence-electron chi connectivity index (χ4n) is 2.54. The first-order valence-electron chi connectivity index (χ1n) is 6.79. The van der Waals surface area contributed by atoms with Crippen LogP contribution in [0, 0.1) is 6.92 Å². The molecule has 2 rings (SSSR count). The van der Waals surface area contributed by atoms with Crippen molar-refractivity contribution >= 4 is 5.91 Å². The minimum atomic E-state index is 0.158. The smallest absolute Gasteiger partial charge is 0.224 e. The quantitative estimate of drug-likeness (QED) is 0.793. The van der Waals surface area contributed by atoms with Gasteiger partial charge in [-0.3, -0.25) is 4.79 Å². The molecule has 1 fully saturated rings. The van der Waals surface area contributed by atoms with E-state index in [1.807, 2.05) is 12.1 Å². The van der Waals surface area contributed by atoms with Crippen LogP contribution in [0.1, 0.15) is 24.0 Å². The van der Waals surface area contributed by atoms with Crippen molar-refractivity contribution in [3.63, 3.8) is 0 Å². The van der Waals surface area contributed by atoms with Crippen LogP contribution < -0.4 is 10.2 Å². The number of aryl methyl sites for hydroxylation is 1. The Hall–Kier alpha value is -1.35. The van der Waals surface area contributed by atoms with Gasteiger partial charge in [0.15, 0.2) is 0 Å². The van der Waals surface area contributed by atoms with Crippen molar-refractivity contribution in [2.24, 2.45) is 0 Å². The zero-order valence-corrected chi connectivity index (χ0v) is 11.3. The molecular weight excluding hydrogens is 224 g/mol. The van der Waals surface area contributed by atoms with Gasteiger partial charge in [-0.2, -0.15) is 0 Å². The van der Waals surface area contributed by atoms with Crippen molar-refractivity contribution in [2.75, 3.05) is 20.1 Å². The van der Waals surface area contributed by atoms with Gasteiger partial charge >= 0.3 is 0 Å². The molecule has 98 valence electrons. The van der Waals surface area contributed by atoms with Crippen LogP contribution in [0.25, 0.3) is 0 Å². The summed E-state index contributed by atoms with van der Waals surface area (Å²) in [6, 6.07) is 8.55. The highest BCUT2D eigenvalue weighted by atomic mass is 16.1. The topological polar surface area (TPSA) is 33.5 Å². The van der Waals surface area contributed by atoms with Gasteiger partial charge in [0, 0.05) is 18.9 Å². The molecule has 2 N–H and O–H groups in total. The van der Waals surface area contributed by atoms with Crippen LogP contribution in [0.15, 0.2) is 24.3 Å². The number of likely N-dealkylation sites (tertiary alicyclic amines) is 1. The molecule has 0 bridgehead atoms. The number of benzene rings is 1. The van der Waals surface area contributed by atoms with E-state index in [1.165, 1.54) is 5.56 Å². The van der Waals surface area contributed by atoms with Crippen LogP contribution in [0.5, 0.6) is 0 Å². The summed E-state index contributed by atoms with van der Waals surface area (Å²) in [6.45, 7) is 4.38. The van der Waals surface area contributed by atoms with Gasteiger partial charge in [0.05, 0.1) is 26.6 Å². The normalized spacial score (nSPS) is 23.7. The molecule has 0 radical (unpaired) electrons. The summed E-state index contributed by atoms with van der Waals surface area (Å²) in [5.41, 5.74) is 2.31. The van der Waals surface area contributed by atoms with Gasteiger partial charge < -0.3 is 10.2 Å². The van der Waals surface area contributed by atoms with Crippen molar-refractivity contribution in [1.29, 1.82) is 0 Å². The molecule has 1 heterocycles. The highest BCUT2D eigenvalue weighted by Gasteiger charge is 2.20. The summed E-state index contributed by atoms with van der Waals surface area (Å²) in [7, 11) is 2.21. The second-order valence-electron chi connectivity index (χ2n) is 5.46. The van der Waals surface area contributed by atoms with E-state index in [4.69, 9.17) is 0 Å². The van der Waals surface area contributed by atoms with Crippen LogP contribution >= 0.6 is 0 Å². The molecule has 0 atom stereocenters. The van der Waals surface area contributed by atoms with Gasteiger partial charge in [-0.15, -0.1) is 0 Å². The predicted octanol–water partition coefficient (Wildman–Crippen LogP) is 0.331. The molecule has 0 aromatic heterocycles. The highest BCUT2D eigenvalue weighted by molar-refractivity contribution is 5.78. The van der Waals surface area contributed by atoms with E-state index in [-0.39, 0.29) is 5.91 Å². The lowest BCUT2D eigenvalue weighted by Gasteiger charge is -2.27. The molecule has 1 aromatic carbocycles. The van der Waals surface area contributed by atoms with Crippen molar-refractivity contribution in [3.8, 4) is 0 Å². The number of carbonyl (C=O) groups excluding carboxylic acids is 1. The average Bonchev–Trinajstić information content (AvgIpc) is 2.32. The first-order valence-corrected chi connectivity index (χ1v) is 6.79. The molecule has 1 saturated heterocycles. The number of amides is 1. The number of carbonyl (C=O) groups is 1. The maximum Gasteiger partial charge on any atom is 0.224 e. The average molecular weight is 247 g/mol. The lowest BCUT2D eigenvalue weighted by atomic mass is 10.0. The minimum Gasteiger partial charge on any atom is -0.353 e. The fourth-order valence-corrected chi connectivity index (χ4v) is 2.54. The van der Waals surface area contributed by atoms with Gasteiger partial charge in [0.1, 0.15) is 0 Å². The number of hydrogen-bond acceptors (Lipinski definition) is 1. The van der Waals surface area contributed by atoms with E-state index in [9.17, 15) is 4.79 Å². The summed E-state index contributed by atoms with van der Waals surface area (Å²) in [4.78, 5) is 13.5. The van der Waals surface area contributed by atoms with E-state index >= 15 is 0 Å². The predicted molar refractivity (Wildman–Crippen MR) is 72.7 cm³/mol. The standard InChI is InChI=1S/C15H22N2O/c1-12-4-3-5-13(10-12)11-15(18)16-14-6-8-17(2)9-7-14/h3-5,10,14H,6-9,11H2,1-2H3,(H,16,18)/p+1. The molecular formula is C15H23N2O+. The number of rotatable bonds is 3. The van der Waals surface area contributed by atoms with Crippen LogP contribution in [0.2, 0.25) is 0 Å². The Labute approximate surface area is 109 Å². The zero-order chi connectivity index (χ0) is 13.0. The molecule has 0 saturated carbocycles. The third kappa shape index (κ3) is 3.84. The van der Waals surface area contributed by atoms with E-state index in [2.05, 4.69) is 31.4 Å². The third-order valence-corrected chi connectivity index (χ3v) is 3.65. The van der Waals surface area contributed by atoms with Crippen LogP contribution in [-0.2, 0) is 11.2 Å². The van der Waals surface area contributed by atoms with Gasteiger partial charge in [0.2, 0.25) is 5.91 Å². The van der Waals surface area contributed by atoms with Gasteiger partial charge in [-0.1, -0.05) is 29.8 Å². The molecule has 0 spiro atoms. The lowest BCUT2D eigenvalue weighted by molar-refractivity contribution is -0.884. The number of quaternary nitrogens is 1. The van der Waals surface area contributed by atoms with Crippen molar-refractivity contribution in [1.82, 2.24) is 5.32 Å². The molecule has 3 nitrogen and oxygen atoms in total. The third-order valence-electron chi connectivity index (χ3n) is 3.65. The van der Waals surface area contributed by atoms with Crippen molar-refractivity contribution < 1.29 is 9.69 Å². The maximum absolute atomic E-state index is 12.0. The summed E-state index contributed by atoms with van der Waals surface area (Å²) in [5.74, 6) is 0.158. The first-order chi connectivity index (χ1) is 8.63. The molecule has 1 amide bonds. The minimum absolute atomic E-state index is 0.158. The van der Waals surface area contributed by atoms with Crippen LogP contribution in [-0.4, -0.2) is 32.1 Å². The summed E-state index contributed by atoms with van der Waals surface area (Å²) in [6.07, 6.45) is 2.71. The molecule has 0 aliphatic carbocycles. The number of hydrogen-bond donors (Lipinski definition) is 2. The van der Waals surface area contributed by atoms with Gasteiger partial charge in [0.25, 0.3) is 0 Å². The molecule has 18 heavy (non-hydrogen) atoms. The Balaban J connectivity index is 1.82. The fraction of sp³-hybridized carbons (Fsp3) is 0.533. The highest BCUT2D eigenvalue weighted by Crippen LogP contribution is 2.06. The van der Waals surface area contributed by atoms with Gasteiger partial charge in [-0.05, 0) is 12.5 Å². The second kappa shape index (κ2) is 6.01. The lowest BCUT2D eigenvalue weighted by Crippen LogP contribution is -3.10. The Morgan fingerprint density at radius 1 is 1.39 bits per heavy atom. The number of piperidine rings is 1. The zero-order valence-electron chi connectivity index (χ0n) is 11.3. The van der Waals surface area contributed by atoms with E-state index in [0.29, 0.717) is 12.5 Å². The van der Waals surface area contributed by atoms with Crippen molar-refractivity contribution in [3.05, 3.63) is 35.4 Å². The van der Waals surface area contributed by atoms with E-state index in [0.717, 1.165) is 31.5 Å². The molecule has 0 unspecified atom stereocenters. The second-order valence-corrected chi connectivity index (χ2v) is 5.46. The Bertz CT molecular complexity index is 409. The first kappa shape index (κ1) is 13.1. The van der Waals surface area contributed by atoms with Crippen molar-refractivity contribution in [2.45, 2.75) is 32.2 Å². The molecule has 1 aliphatic heterocycles. The largest absolute Gasteiger partial charge is 0.353 e. The number of nitrogens with one attached hydrogen (secondary N) is 2. The van der Waals surface area contributed by atoms with E-state index < -0.39 is 0 Å². The van der Waals surface area contributed by atoms with Crippen LogP contribution in [0.3, 0.4) is 0 Å². The Kier molecular flexibility index (Phi) is 4.37. The van der Waals surface area contributed by atoms with E-state index in [1.54, 1.807) is 4.90 Å². The molecule has 3 heteroatoms. The maximum atomic E-state index is 12.0. The summed E-state index contributed by atoms with van der Waals surface area (Å²) >= 11 is 0. The van der Waals surface area contributed by atoms with Gasteiger partial charge in [-0.25, -0.2) is 0 Å². The molecule has 1 aliphatic rings. The van der Waals surface area contributed by atoms with Crippen LogP contribution in [0.4, 0.5) is 0 Å². The molecule has 1 aromatic rings. The summed E-state index contributed by atoms with van der Waals surface area (Å²) < 4.78 is 0. The Morgan fingerprint density at radius 3 is 2.78 bits per heavy atom. The SMILES string of the molecule is Cc1cccc(CC(=O)NC2CC[NH+](C)CC2)c1. The Morgan fingerprint density at radius 2 is 2.11 bits per heavy atom. The summed E-state index contributed by atoms with van der Waals surface area (Å²) in [5, 5.41) is 3.16. The monoisotopic (exact) mass is 247 g/mol.